The van der Waals surface area contributed by atoms with Crippen molar-refractivity contribution in [2.45, 2.75) is 72.4 Å². The Labute approximate surface area is 125 Å². The fourth-order valence-corrected chi connectivity index (χ4v) is 3.68. The third-order valence-corrected chi connectivity index (χ3v) is 4.95. The summed E-state index contributed by atoms with van der Waals surface area (Å²) in [5.41, 5.74) is 5.75. The van der Waals surface area contributed by atoms with Crippen LogP contribution < -0.4 is 5.73 Å². The van der Waals surface area contributed by atoms with Gasteiger partial charge in [-0.15, -0.1) is 0 Å². The molecule has 20 heavy (non-hydrogen) atoms. The highest BCUT2D eigenvalue weighted by Crippen LogP contribution is 2.41. The summed E-state index contributed by atoms with van der Waals surface area (Å²) in [6.07, 6.45) is 3.74. The van der Waals surface area contributed by atoms with E-state index in [-0.39, 0.29) is 0 Å². The molecule has 1 rings (SSSR count). The first-order valence-electron chi connectivity index (χ1n) is 8.25. The fraction of sp³-hybridized carbons (Fsp3) is 1.00. The van der Waals surface area contributed by atoms with Crippen molar-refractivity contribution in [3.05, 3.63) is 0 Å². The number of likely N-dealkylation sites (N-methyl/N-ethyl adjacent to an activating group) is 1. The number of hydrogen-bond acceptors (Lipinski definition) is 3. The minimum atomic E-state index is -0.635. The van der Waals surface area contributed by atoms with E-state index in [4.69, 9.17) is 5.73 Å². The normalized spacial score (nSPS) is 28.9. The summed E-state index contributed by atoms with van der Waals surface area (Å²) in [4.78, 5) is 2.45. The highest BCUT2D eigenvalue weighted by Gasteiger charge is 2.38. The maximum Gasteiger partial charge on any atom is 0.0718 e. The van der Waals surface area contributed by atoms with Gasteiger partial charge >= 0.3 is 0 Å². The lowest BCUT2D eigenvalue weighted by Crippen LogP contribution is -2.52. The summed E-state index contributed by atoms with van der Waals surface area (Å²) in [5, 5.41) is 10.2. The van der Waals surface area contributed by atoms with Gasteiger partial charge < -0.3 is 10.8 Å². The molecule has 1 aliphatic rings. The van der Waals surface area contributed by atoms with Gasteiger partial charge in [0.25, 0.3) is 0 Å². The molecule has 0 amide bonds. The lowest BCUT2D eigenvalue weighted by atomic mass is 9.67. The molecule has 1 aliphatic carbocycles. The minimum Gasteiger partial charge on any atom is -0.389 e. The van der Waals surface area contributed by atoms with Gasteiger partial charge in [-0.25, -0.2) is 0 Å². The van der Waals surface area contributed by atoms with Crippen molar-refractivity contribution >= 4 is 0 Å². The van der Waals surface area contributed by atoms with Crippen molar-refractivity contribution in [3.63, 3.8) is 0 Å². The maximum atomic E-state index is 10.2. The summed E-state index contributed by atoms with van der Waals surface area (Å²) < 4.78 is 0. The summed E-state index contributed by atoms with van der Waals surface area (Å²) in [6, 6.07) is 0.523. The van der Waals surface area contributed by atoms with E-state index in [1.165, 1.54) is 19.3 Å². The van der Waals surface area contributed by atoms with Crippen molar-refractivity contribution in [2.24, 2.45) is 23.0 Å². The maximum absolute atomic E-state index is 10.2. The van der Waals surface area contributed by atoms with Crippen LogP contribution in [-0.4, -0.2) is 41.3 Å². The molecule has 3 nitrogen and oxygen atoms in total. The Bertz CT molecular complexity index is 290. The molecule has 3 heteroatoms. The molecule has 3 unspecified atom stereocenters. The monoisotopic (exact) mass is 284 g/mol. The summed E-state index contributed by atoms with van der Waals surface area (Å²) in [6.45, 7) is 15.5. The topological polar surface area (TPSA) is 49.5 Å². The van der Waals surface area contributed by atoms with Gasteiger partial charge in [0.1, 0.15) is 0 Å². The van der Waals surface area contributed by atoms with Crippen LogP contribution in [-0.2, 0) is 0 Å². The predicted molar refractivity (Wildman–Crippen MR) is 86.7 cm³/mol. The molecule has 0 spiro atoms. The van der Waals surface area contributed by atoms with Gasteiger partial charge in [-0.05, 0) is 63.5 Å². The molecular weight excluding hydrogens is 248 g/mol. The third-order valence-electron chi connectivity index (χ3n) is 4.95. The summed E-state index contributed by atoms with van der Waals surface area (Å²) in [7, 11) is 0. The molecule has 1 saturated carbocycles. The Morgan fingerprint density at radius 1 is 1.15 bits per heavy atom. The molecule has 0 aromatic rings. The highest BCUT2D eigenvalue weighted by atomic mass is 16.3. The standard InChI is InChI=1S/C17H36N2O/c1-7-19(12-17(5,6)20)15-10-14(16(2,3)4)9-8-13(15)11-18/h13-15,20H,7-12,18H2,1-6H3. The van der Waals surface area contributed by atoms with Gasteiger partial charge in [-0.2, -0.15) is 0 Å². The number of nitrogens with zero attached hydrogens (tertiary/aromatic N) is 1. The largest absolute Gasteiger partial charge is 0.389 e. The molecule has 0 aromatic carbocycles. The molecule has 0 aliphatic heterocycles. The Hall–Kier alpha value is -0.120. The summed E-state index contributed by atoms with van der Waals surface area (Å²) in [5.74, 6) is 1.34. The van der Waals surface area contributed by atoms with Gasteiger partial charge in [0.05, 0.1) is 5.60 Å². The van der Waals surface area contributed by atoms with E-state index in [1.807, 2.05) is 13.8 Å². The average Bonchev–Trinajstić information content (AvgIpc) is 2.33. The summed E-state index contributed by atoms with van der Waals surface area (Å²) >= 11 is 0. The van der Waals surface area contributed by atoms with E-state index in [0.29, 0.717) is 17.4 Å². The predicted octanol–water partition coefficient (Wildman–Crippen LogP) is 2.87. The van der Waals surface area contributed by atoms with Crippen LogP contribution in [0.5, 0.6) is 0 Å². The minimum absolute atomic E-state index is 0.367. The lowest BCUT2D eigenvalue weighted by Gasteiger charge is -2.47. The number of nitrogens with two attached hydrogens (primary N) is 1. The second kappa shape index (κ2) is 6.76. The second-order valence-electron chi connectivity index (χ2n) is 8.31. The van der Waals surface area contributed by atoms with Crippen molar-refractivity contribution < 1.29 is 5.11 Å². The lowest BCUT2D eigenvalue weighted by molar-refractivity contribution is -0.0132. The van der Waals surface area contributed by atoms with Crippen molar-refractivity contribution in [1.82, 2.24) is 4.90 Å². The van der Waals surface area contributed by atoms with E-state index in [9.17, 15) is 5.11 Å². The number of rotatable bonds is 5. The Balaban J connectivity index is 2.84. The molecular formula is C17H36N2O. The molecule has 3 N–H and O–H groups in total. The van der Waals surface area contributed by atoms with E-state index < -0.39 is 5.60 Å². The Kier molecular flexibility index (Phi) is 6.06. The molecule has 0 saturated heterocycles. The van der Waals surface area contributed by atoms with Crippen LogP contribution in [0.15, 0.2) is 0 Å². The molecule has 0 heterocycles. The van der Waals surface area contributed by atoms with Crippen LogP contribution >= 0.6 is 0 Å². The number of hydrogen-bond donors (Lipinski definition) is 2. The van der Waals surface area contributed by atoms with Crippen LogP contribution in [0.25, 0.3) is 0 Å². The third kappa shape index (κ3) is 5.01. The fourth-order valence-electron chi connectivity index (χ4n) is 3.68. The van der Waals surface area contributed by atoms with Gasteiger partial charge in [0.15, 0.2) is 0 Å². The zero-order valence-corrected chi connectivity index (χ0v) is 14.4. The van der Waals surface area contributed by atoms with Crippen LogP contribution in [0, 0.1) is 17.3 Å². The van der Waals surface area contributed by atoms with Gasteiger partial charge in [0, 0.05) is 12.6 Å². The van der Waals surface area contributed by atoms with E-state index in [0.717, 1.165) is 25.6 Å². The average molecular weight is 284 g/mol. The second-order valence-corrected chi connectivity index (χ2v) is 8.31. The molecule has 0 aromatic heterocycles. The molecule has 3 atom stereocenters. The van der Waals surface area contributed by atoms with Crippen LogP contribution in [0.1, 0.15) is 60.8 Å². The first-order valence-corrected chi connectivity index (χ1v) is 8.25. The zero-order chi connectivity index (χ0) is 15.6. The van der Waals surface area contributed by atoms with E-state index in [1.54, 1.807) is 0 Å². The smallest absolute Gasteiger partial charge is 0.0718 e. The van der Waals surface area contributed by atoms with Crippen molar-refractivity contribution in [3.8, 4) is 0 Å². The van der Waals surface area contributed by atoms with Crippen LogP contribution in [0.2, 0.25) is 0 Å². The quantitative estimate of drug-likeness (QED) is 0.816. The molecule has 0 bridgehead atoms. The SMILES string of the molecule is CCN(CC(C)(C)O)C1CC(C(C)(C)C)CCC1CN. The Morgan fingerprint density at radius 2 is 1.75 bits per heavy atom. The van der Waals surface area contributed by atoms with Gasteiger partial charge in [-0.3, -0.25) is 4.90 Å². The Morgan fingerprint density at radius 3 is 2.15 bits per heavy atom. The zero-order valence-electron chi connectivity index (χ0n) is 14.4. The first kappa shape index (κ1) is 17.9. The van der Waals surface area contributed by atoms with E-state index >= 15 is 0 Å². The molecule has 120 valence electrons. The van der Waals surface area contributed by atoms with Crippen molar-refractivity contribution in [2.75, 3.05) is 19.6 Å². The first-order chi connectivity index (χ1) is 9.08. The molecule has 1 fully saturated rings. The van der Waals surface area contributed by atoms with Gasteiger partial charge in [0.2, 0.25) is 0 Å². The highest BCUT2D eigenvalue weighted by molar-refractivity contribution is 4.92. The van der Waals surface area contributed by atoms with Gasteiger partial charge in [-0.1, -0.05) is 27.7 Å². The number of aliphatic hydroxyl groups is 1. The van der Waals surface area contributed by atoms with E-state index in [2.05, 4.69) is 32.6 Å². The van der Waals surface area contributed by atoms with Crippen LogP contribution in [0.4, 0.5) is 0 Å². The van der Waals surface area contributed by atoms with Crippen molar-refractivity contribution in [1.29, 1.82) is 0 Å². The van der Waals surface area contributed by atoms with Crippen LogP contribution in [0.3, 0.4) is 0 Å². The molecule has 0 radical (unpaired) electrons.